The Morgan fingerprint density at radius 2 is 2.38 bits per heavy atom. The molecule has 5 nitrogen and oxygen atoms in total. The van der Waals surface area contributed by atoms with Crippen LogP contribution in [0.3, 0.4) is 0 Å². The zero-order valence-electron chi connectivity index (χ0n) is 7.90. The molecule has 2 N–H and O–H groups in total. The first-order valence-electron chi connectivity index (χ1n) is 4.08. The van der Waals surface area contributed by atoms with Crippen molar-refractivity contribution in [3.05, 3.63) is 12.3 Å². The second-order valence-electron chi connectivity index (χ2n) is 3.04. The van der Waals surface area contributed by atoms with E-state index in [0.717, 1.165) is 0 Å². The van der Waals surface area contributed by atoms with Crippen LogP contribution in [0.2, 0.25) is 0 Å². The maximum Gasteiger partial charge on any atom is 0.223 e. The van der Waals surface area contributed by atoms with Gasteiger partial charge in [-0.15, -0.1) is 0 Å². The van der Waals surface area contributed by atoms with Crippen LogP contribution in [0.4, 0.5) is 5.82 Å². The van der Waals surface area contributed by atoms with Gasteiger partial charge in [-0.2, -0.15) is 5.10 Å². The van der Waals surface area contributed by atoms with Crippen LogP contribution >= 0.6 is 0 Å². The van der Waals surface area contributed by atoms with E-state index in [1.807, 2.05) is 0 Å². The van der Waals surface area contributed by atoms with Gasteiger partial charge in [0.1, 0.15) is 5.82 Å². The summed E-state index contributed by atoms with van der Waals surface area (Å²) in [6.07, 6.45) is 2.21. The fraction of sp³-hybridized carbons (Fsp3) is 0.500. The number of nitrogens with zero attached hydrogens (tertiary/aromatic N) is 3. The highest BCUT2D eigenvalue weighted by Gasteiger charge is 2.03. The lowest BCUT2D eigenvalue weighted by Gasteiger charge is -2.09. The number of aryl methyl sites for hydroxylation is 1. The van der Waals surface area contributed by atoms with Gasteiger partial charge in [0.25, 0.3) is 0 Å². The second kappa shape index (κ2) is 3.93. The molecular weight excluding hydrogens is 168 g/mol. The average Bonchev–Trinajstić information content (AvgIpc) is 2.47. The Morgan fingerprint density at radius 3 is 2.85 bits per heavy atom. The number of amides is 1. The Bertz CT molecular complexity index is 292. The fourth-order valence-electron chi connectivity index (χ4n) is 0.936. The summed E-state index contributed by atoms with van der Waals surface area (Å²) >= 11 is 0. The third-order valence-corrected chi connectivity index (χ3v) is 1.71. The van der Waals surface area contributed by atoms with Gasteiger partial charge in [0.05, 0.1) is 0 Å². The van der Waals surface area contributed by atoms with Gasteiger partial charge in [-0.05, 0) is 6.07 Å². The SMILES string of the molecule is CN(C)C(=O)CCn1ccc(N)n1. The van der Waals surface area contributed by atoms with Crippen LogP contribution in [0.1, 0.15) is 6.42 Å². The standard InChI is InChI=1S/C8H14N4O/c1-11(2)8(13)4-6-12-5-3-7(9)10-12/h3,5H,4,6H2,1-2H3,(H2,9,10). The number of hydrogen-bond acceptors (Lipinski definition) is 3. The Balaban J connectivity index is 2.39. The summed E-state index contributed by atoms with van der Waals surface area (Å²) in [5.74, 6) is 0.575. The van der Waals surface area contributed by atoms with E-state index in [1.165, 1.54) is 0 Å². The molecule has 0 fully saturated rings. The number of aromatic nitrogens is 2. The van der Waals surface area contributed by atoms with Gasteiger partial charge >= 0.3 is 0 Å². The summed E-state index contributed by atoms with van der Waals surface area (Å²) < 4.78 is 1.66. The van der Waals surface area contributed by atoms with Crippen LogP contribution in [0.5, 0.6) is 0 Å². The highest BCUT2D eigenvalue weighted by molar-refractivity contribution is 5.75. The molecule has 0 aliphatic heterocycles. The second-order valence-corrected chi connectivity index (χ2v) is 3.04. The molecule has 0 aromatic carbocycles. The predicted molar refractivity (Wildman–Crippen MR) is 50.0 cm³/mol. The molecule has 0 aliphatic rings. The summed E-state index contributed by atoms with van der Waals surface area (Å²) in [6, 6.07) is 1.71. The fourth-order valence-corrected chi connectivity index (χ4v) is 0.936. The van der Waals surface area contributed by atoms with Crippen molar-refractivity contribution >= 4 is 11.7 Å². The molecule has 1 aromatic rings. The van der Waals surface area contributed by atoms with Gasteiger partial charge in [-0.1, -0.05) is 0 Å². The molecule has 0 saturated heterocycles. The van der Waals surface area contributed by atoms with Crippen molar-refractivity contribution in [1.82, 2.24) is 14.7 Å². The maximum atomic E-state index is 11.2. The van der Waals surface area contributed by atoms with E-state index in [1.54, 1.807) is 35.9 Å². The highest BCUT2D eigenvalue weighted by atomic mass is 16.2. The van der Waals surface area contributed by atoms with E-state index < -0.39 is 0 Å². The summed E-state index contributed by atoms with van der Waals surface area (Å²) in [4.78, 5) is 12.7. The summed E-state index contributed by atoms with van der Waals surface area (Å²) in [5, 5.41) is 3.97. The smallest absolute Gasteiger partial charge is 0.223 e. The van der Waals surface area contributed by atoms with E-state index >= 15 is 0 Å². The molecule has 72 valence electrons. The lowest BCUT2D eigenvalue weighted by Crippen LogP contribution is -2.22. The van der Waals surface area contributed by atoms with E-state index in [0.29, 0.717) is 18.8 Å². The number of anilines is 1. The Kier molecular flexibility index (Phi) is 2.89. The highest BCUT2D eigenvalue weighted by Crippen LogP contribution is 1.98. The van der Waals surface area contributed by atoms with Gasteiger partial charge in [-0.25, -0.2) is 0 Å². The molecule has 0 bridgehead atoms. The minimum absolute atomic E-state index is 0.0917. The number of rotatable bonds is 3. The third-order valence-electron chi connectivity index (χ3n) is 1.71. The first kappa shape index (κ1) is 9.57. The third kappa shape index (κ3) is 2.77. The van der Waals surface area contributed by atoms with Crippen molar-refractivity contribution in [2.45, 2.75) is 13.0 Å². The van der Waals surface area contributed by atoms with Crippen molar-refractivity contribution in [2.75, 3.05) is 19.8 Å². The number of nitrogens with two attached hydrogens (primary N) is 1. The molecule has 0 spiro atoms. The molecule has 0 radical (unpaired) electrons. The van der Waals surface area contributed by atoms with Gasteiger partial charge in [0, 0.05) is 33.3 Å². The van der Waals surface area contributed by atoms with Crippen LogP contribution in [-0.4, -0.2) is 34.7 Å². The molecule has 1 aromatic heterocycles. The van der Waals surface area contributed by atoms with E-state index in [2.05, 4.69) is 5.10 Å². The molecular formula is C8H14N4O. The molecule has 0 atom stereocenters. The quantitative estimate of drug-likeness (QED) is 0.712. The van der Waals surface area contributed by atoms with Crippen molar-refractivity contribution in [3.63, 3.8) is 0 Å². The summed E-state index contributed by atoms with van der Waals surface area (Å²) in [6.45, 7) is 0.578. The van der Waals surface area contributed by atoms with Crippen molar-refractivity contribution in [1.29, 1.82) is 0 Å². The van der Waals surface area contributed by atoms with Crippen molar-refractivity contribution < 1.29 is 4.79 Å². The molecule has 1 amide bonds. The van der Waals surface area contributed by atoms with E-state index in [-0.39, 0.29) is 5.91 Å². The molecule has 1 rings (SSSR count). The van der Waals surface area contributed by atoms with E-state index in [9.17, 15) is 4.79 Å². The summed E-state index contributed by atoms with van der Waals surface area (Å²) in [5.41, 5.74) is 5.42. The van der Waals surface area contributed by atoms with Crippen LogP contribution in [0.25, 0.3) is 0 Å². The number of hydrogen-bond donors (Lipinski definition) is 1. The van der Waals surface area contributed by atoms with Crippen LogP contribution < -0.4 is 5.73 Å². The van der Waals surface area contributed by atoms with Crippen LogP contribution in [0.15, 0.2) is 12.3 Å². The monoisotopic (exact) mass is 182 g/mol. The van der Waals surface area contributed by atoms with Crippen molar-refractivity contribution in [2.24, 2.45) is 0 Å². The molecule has 5 heteroatoms. The lowest BCUT2D eigenvalue weighted by atomic mass is 10.4. The number of carbonyl (C=O) groups is 1. The first-order valence-corrected chi connectivity index (χ1v) is 4.08. The first-order chi connectivity index (χ1) is 6.09. The Labute approximate surface area is 77.1 Å². The normalized spacial score (nSPS) is 10.0. The zero-order valence-corrected chi connectivity index (χ0v) is 7.90. The van der Waals surface area contributed by atoms with Gasteiger partial charge in [0.2, 0.25) is 5.91 Å². The van der Waals surface area contributed by atoms with Gasteiger partial charge < -0.3 is 10.6 Å². The minimum Gasteiger partial charge on any atom is -0.382 e. The minimum atomic E-state index is 0.0917. The molecule has 0 unspecified atom stereocenters. The number of carbonyl (C=O) groups excluding carboxylic acids is 1. The Hall–Kier alpha value is -1.52. The zero-order chi connectivity index (χ0) is 9.84. The van der Waals surface area contributed by atoms with E-state index in [4.69, 9.17) is 5.73 Å². The average molecular weight is 182 g/mol. The predicted octanol–water partition coefficient (Wildman–Crippen LogP) is -0.0564. The Morgan fingerprint density at radius 1 is 1.69 bits per heavy atom. The largest absolute Gasteiger partial charge is 0.382 e. The molecule has 0 saturated carbocycles. The van der Waals surface area contributed by atoms with Crippen molar-refractivity contribution in [3.8, 4) is 0 Å². The molecule has 1 heterocycles. The van der Waals surface area contributed by atoms with Gasteiger partial charge in [0.15, 0.2) is 0 Å². The lowest BCUT2D eigenvalue weighted by molar-refractivity contribution is -0.128. The maximum absolute atomic E-state index is 11.2. The van der Waals surface area contributed by atoms with Crippen LogP contribution in [-0.2, 0) is 11.3 Å². The topological polar surface area (TPSA) is 64.2 Å². The molecule has 0 aliphatic carbocycles. The molecule has 13 heavy (non-hydrogen) atoms. The summed E-state index contributed by atoms with van der Waals surface area (Å²) in [7, 11) is 3.47. The van der Waals surface area contributed by atoms with Gasteiger partial charge in [-0.3, -0.25) is 9.48 Å². The number of nitrogen functional groups attached to an aromatic ring is 1. The van der Waals surface area contributed by atoms with Crippen LogP contribution in [0, 0.1) is 0 Å².